The largest absolute Gasteiger partial charge is 0.484 e. The fraction of sp³-hybridized carbons (Fsp3) is 0.286. The maximum atomic E-state index is 11.5. The lowest BCUT2D eigenvalue weighted by atomic mass is 10.2. The molecule has 0 unspecified atom stereocenters. The SMILES string of the molecule is Cc1ccc(OCC(=O)NCCc2cocn2)cc1. The average Bonchev–Trinajstić information content (AvgIpc) is 2.91. The third kappa shape index (κ3) is 4.46. The van der Waals surface area contributed by atoms with Gasteiger partial charge in [0.25, 0.3) is 5.91 Å². The highest BCUT2D eigenvalue weighted by Gasteiger charge is 2.03. The number of amides is 1. The molecule has 2 rings (SSSR count). The zero-order valence-corrected chi connectivity index (χ0v) is 10.8. The van der Waals surface area contributed by atoms with Gasteiger partial charge in [-0.25, -0.2) is 4.98 Å². The molecule has 19 heavy (non-hydrogen) atoms. The van der Waals surface area contributed by atoms with E-state index < -0.39 is 0 Å². The molecule has 2 aromatic rings. The van der Waals surface area contributed by atoms with Gasteiger partial charge in [0, 0.05) is 13.0 Å². The number of aryl methyl sites for hydroxylation is 1. The summed E-state index contributed by atoms with van der Waals surface area (Å²) in [6.07, 6.45) is 3.58. The standard InChI is InChI=1S/C14H16N2O3/c1-11-2-4-13(5-3-11)19-9-14(17)15-7-6-12-8-18-10-16-12/h2-5,8,10H,6-7,9H2,1H3,(H,15,17). The van der Waals surface area contributed by atoms with Crippen LogP contribution in [0, 0.1) is 6.92 Å². The minimum absolute atomic E-state index is 0.0158. The number of aromatic nitrogens is 1. The lowest BCUT2D eigenvalue weighted by Crippen LogP contribution is -2.30. The van der Waals surface area contributed by atoms with Crippen molar-refractivity contribution in [2.24, 2.45) is 0 Å². The normalized spacial score (nSPS) is 10.2. The molecule has 5 heteroatoms. The predicted molar refractivity (Wildman–Crippen MR) is 69.9 cm³/mol. The lowest BCUT2D eigenvalue weighted by Gasteiger charge is -2.07. The summed E-state index contributed by atoms with van der Waals surface area (Å²) in [4.78, 5) is 15.5. The zero-order chi connectivity index (χ0) is 13.5. The first kappa shape index (κ1) is 13.1. The molecular formula is C14H16N2O3. The Morgan fingerprint density at radius 2 is 2.16 bits per heavy atom. The van der Waals surface area contributed by atoms with Crippen molar-refractivity contribution in [3.63, 3.8) is 0 Å². The van der Waals surface area contributed by atoms with Gasteiger partial charge < -0.3 is 14.5 Å². The number of hydrogen-bond donors (Lipinski definition) is 1. The smallest absolute Gasteiger partial charge is 0.257 e. The first-order valence-corrected chi connectivity index (χ1v) is 6.07. The minimum Gasteiger partial charge on any atom is -0.484 e. The molecule has 100 valence electrons. The van der Waals surface area contributed by atoms with E-state index in [1.54, 1.807) is 6.26 Å². The average molecular weight is 260 g/mol. The van der Waals surface area contributed by atoms with Crippen LogP contribution in [0.15, 0.2) is 41.3 Å². The van der Waals surface area contributed by atoms with Gasteiger partial charge in [0.15, 0.2) is 13.0 Å². The van der Waals surface area contributed by atoms with Gasteiger partial charge in [0.2, 0.25) is 0 Å². The van der Waals surface area contributed by atoms with Crippen molar-refractivity contribution < 1.29 is 13.9 Å². The molecule has 0 radical (unpaired) electrons. The molecule has 0 fully saturated rings. The highest BCUT2D eigenvalue weighted by Crippen LogP contribution is 2.10. The van der Waals surface area contributed by atoms with Gasteiger partial charge in [0.05, 0.1) is 5.69 Å². The molecule has 1 heterocycles. The first-order chi connectivity index (χ1) is 9.24. The monoisotopic (exact) mass is 260 g/mol. The maximum absolute atomic E-state index is 11.5. The fourth-order valence-corrected chi connectivity index (χ4v) is 1.53. The molecule has 0 aliphatic rings. The molecule has 0 aliphatic carbocycles. The Labute approximate surface area is 111 Å². The Hall–Kier alpha value is -2.30. The van der Waals surface area contributed by atoms with Crippen molar-refractivity contribution in [3.8, 4) is 5.75 Å². The summed E-state index contributed by atoms with van der Waals surface area (Å²) in [6.45, 7) is 2.53. The van der Waals surface area contributed by atoms with Gasteiger partial charge in [-0.2, -0.15) is 0 Å². The summed E-state index contributed by atoms with van der Waals surface area (Å²) in [5, 5.41) is 2.76. The number of carbonyl (C=O) groups excluding carboxylic acids is 1. The number of oxazole rings is 1. The van der Waals surface area contributed by atoms with Crippen LogP contribution in [0.5, 0.6) is 5.75 Å². The third-order valence-corrected chi connectivity index (χ3v) is 2.58. The third-order valence-electron chi connectivity index (χ3n) is 2.58. The molecular weight excluding hydrogens is 244 g/mol. The second-order valence-electron chi connectivity index (χ2n) is 4.18. The summed E-state index contributed by atoms with van der Waals surface area (Å²) in [5.41, 5.74) is 1.98. The Bertz CT molecular complexity index is 506. The van der Waals surface area contributed by atoms with Crippen LogP contribution < -0.4 is 10.1 Å². The van der Waals surface area contributed by atoms with Gasteiger partial charge in [-0.15, -0.1) is 0 Å². The molecule has 1 N–H and O–H groups in total. The quantitative estimate of drug-likeness (QED) is 0.859. The van der Waals surface area contributed by atoms with E-state index in [-0.39, 0.29) is 12.5 Å². The van der Waals surface area contributed by atoms with Gasteiger partial charge >= 0.3 is 0 Å². The van der Waals surface area contributed by atoms with Crippen LogP contribution in [0.3, 0.4) is 0 Å². The number of ether oxygens (including phenoxy) is 1. The number of rotatable bonds is 6. The topological polar surface area (TPSA) is 64.4 Å². The van der Waals surface area contributed by atoms with E-state index in [0.29, 0.717) is 18.7 Å². The van der Waals surface area contributed by atoms with Crippen LogP contribution in [0.25, 0.3) is 0 Å². The molecule has 0 saturated carbocycles. The Balaban J connectivity index is 1.65. The highest BCUT2D eigenvalue weighted by atomic mass is 16.5. The Morgan fingerprint density at radius 3 is 2.84 bits per heavy atom. The van der Waals surface area contributed by atoms with Gasteiger partial charge in [-0.05, 0) is 19.1 Å². The second-order valence-corrected chi connectivity index (χ2v) is 4.18. The fourth-order valence-electron chi connectivity index (χ4n) is 1.53. The van der Waals surface area contributed by atoms with Gasteiger partial charge in [-0.3, -0.25) is 4.79 Å². The first-order valence-electron chi connectivity index (χ1n) is 6.07. The summed E-state index contributed by atoms with van der Waals surface area (Å²) < 4.78 is 10.2. The summed E-state index contributed by atoms with van der Waals surface area (Å²) >= 11 is 0. The zero-order valence-electron chi connectivity index (χ0n) is 10.8. The molecule has 1 aromatic carbocycles. The van der Waals surface area contributed by atoms with E-state index in [9.17, 15) is 4.79 Å². The van der Waals surface area contributed by atoms with Crippen LogP contribution in [-0.2, 0) is 11.2 Å². The van der Waals surface area contributed by atoms with Crippen molar-refractivity contribution in [1.82, 2.24) is 10.3 Å². The van der Waals surface area contributed by atoms with Crippen LogP contribution in [-0.4, -0.2) is 24.0 Å². The number of carbonyl (C=O) groups is 1. The van der Waals surface area contributed by atoms with Crippen molar-refractivity contribution in [1.29, 1.82) is 0 Å². The molecule has 0 bridgehead atoms. The Morgan fingerprint density at radius 1 is 1.37 bits per heavy atom. The van der Waals surface area contributed by atoms with E-state index in [0.717, 1.165) is 11.3 Å². The van der Waals surface area contributed by atoms with E-state index in [4.69, 9.17) is 9.15 Å². The van der Waals surface area contributed by atoms with E-state index in [1.165, 1.54) is 6.39 Å². The maximum Gasteiger partial charge on any atom is 0.257 e. The van der Waals surface area contributed by atoms with E-state index >= 15 is 0 Å². The van der Waals surface area contributed by atoms with E-state index in [1.807, 2.05) is 31.2 Å². The van der Waals surface area contributed by atoms with Crippen LogP contribution in [0.4, 0.5) is 0 Å². The van der Waals surface area contributed by atoms with Crippen LogP contribution >= 0.6 is 0 Å². The molecule has 0 saturated heterocycles. The van der Waals surface area contributed by atoms with Crippen molar-refractivity contribution >= 4 is 5.91 Å². The van der Waals surface area contributed by atoms with Crippen molar-refractivity contribution in [2.45, 2.75) is 13.3 Å². The predicted octanol–water partition coefficient (Wildman–Crippen LogP) is 1.72. The number of benzene rings is 1. The molecule has 0 aliphatic heterocycles. The van der Waals surface area contributed by atoms with Crippen LogP contribution in [0.2, 0.25) is 0 Å². The molecule has 1 aromatic heterocycles. The number of nitrogens with one attached hydrogen (secondary N) is 1. The van der Waals surface area contributed by atoms with E-state index in [2.05, 4.69) is 10.3 Å². The van der Waals surface area contributed by atoms with Gasteiger partial charge in [-0.1, -0.05) is 17.7 Å². The molecule has 0 spiro atoms. The summed E-state index contributed by atoms with van der Waals surface area (Å²) in [5.74, 6) is 0.543. The highest BCUT2D eigenvalue weighted by molar-refractivity contribution is 5.77. The molecule has 1 amide bonds. The molecule has 5 nitrogen and oxygen atoms in total. The van der Waals surface area contributed by atoms with Crippen molar-refractivity contribution in [2.75, 3.05) is 13.2 Å². The minimum atomic E-state index is -0.149. The van der Waals surface area contributed by atoms with Crippen molar-refractivity contribution in [3.05, 3.63) is 48.2 Å². The summed E-state index contributed by atoms with van der Waals surface area (Å²) in [6, 6.07) is 7.58. The Kier molecular flexibility index (Phi) is 4.55. The van der Waals surface area contributed by atoms with Gasteiger partial charge in [0.1, 0.15) is 12.0 Å². The number of hydrogen-bond acceptors (Lipinski definition) is 4. The summed E-state index contributed by atoms with van der Waals surface area (Å²) in [7, 11) is 0. The lowest BCUT2D eigenvalue weighted by molar-refractivity contribution is -0.123. The number of nitrogens with zero attached hydrogens (tertiary/aromatic N) is 1. The van der Waals surface area contributed by atoms with Crippen LogP contribution in [0.1, 0.15) is 11.3 Å². The second kappa shape index (κ2) is 6.58. The molecule has 0 atom stereocenters.